The number of benzene rings is 1. The first-order valence-corrected chi connectivity index (χ1v) is 8.90. The second-order valence-corrected chi connectivity index (χ2v) is 7.55. The number of nitrogens with zero attached hydrogens (tertiary/aromatic N) is 5. The lowest BCUT2D eigenvalue weighted by atomic mass is 10.1. The molecule has 0 radical (unpaired) electrons. The number of carbonyl (C=O) groups excluding carboxylic acids is 1. The molecule has 0 spiro atoms. The van der Waals surface area contributed by atoms with Gasteiger partial charge in [-0.2, -0.15) is 5.26 Å². The van der Waals surface area contributed by atoms with Crippen molar-refractivity contribution in [2.45, 2.75) is 26.4 Å². The molecular formula is C19H21N5O4. The van der Waals surface area contributed by atoms with Crippen LogP contribution in [0.3, 0.4) is 0 Å². The maximum absolute atomic E-state index is 12.2. The number of nitro benzene ring substituents is 1. The highest BCUT2D eigenvalue weighted by Crippen LogP contribution is 2.27. The van der Waals surface area contributed by atoms with Crippen molar-refractivity contribution in [2.24, 2.45) is 0 Å². The Kier molecular flexibility index (Phi) is 5.05. The summed E-state index contributed by atoms with van der Waals surface area (Å²) in [6, 6.07) is 8.02. The fraction of sp³-hybridized carbons (Fsp3) is 0.421. The topological polar surface area (TPSA) is 113 Å². The summed E-state index contributed by atoms with van der Waals surface area (Å²) in [6.07, 6.45) is -0.344. The Morgan fingerprint density at radius 1 is 1.25 bits per heavy atom. The standard InChI is InChI=1S/C19H21N5O4/c1-19(2,3)28-18(25)23-8-6-22(7-9-23)17-10-13(12-20)15-11-14(24(26)27)4-5-16(15)21-17/h4-5,10-11H,6-9H2,1-3H3. The van der Waals surface area contributed by atoms with Crippen molar-refractivity contribution in [1.82, 2.24) is 9.88 Å². The van der Waals surface area contributed by atoms with Crippen LogP contribution in [0.25, 0.3) is 10.9 Å². The molecule has 1 saturated heterocycles. The third-order valence-electron chi connectivity index (χ3n) is 4.37. The number of pyridine rings is 1. The number of fused-ring (bicyclic) bond motifs is 1. The fourth-order valence-corrected chi connectivity index (χ4v) is 3.01. The molecule has 0 aliphatic carbocycles. The molecule has 28 heavy (non-hydrogen) atoms. The Hall–Kier alpha value is -3.41. The zero-order chi connectivity index (χ0) is 20.5. The van der Waals surface area contributed by atoms with Crippen LogP contribution in [-0.4, -0.2) is 52.7 Å². The van der Waals surface area contributed by atoms with Crippen molar-refractivity contribution in [3.05, 3.63) is 39.9 Å². The quantitative estimate of drug-likeness (QED) is 0.578. The molecule has 3 rings (SSSR count). The average Bonchev–Trinajstić information content (AvgIpc) is 2.65. The Morgan fingerprint density at radius 2 is 1.93 bits per heavy atom. The Bertz CT molecular complexity index is 969. The van der Waals surface area contributed by atoms with E-state index in [1.165, 1.54) is 12.1 Å². The molecule has 9 nitrogen and oxygen atoms in total. The van der Waals surface area contributed by atoms with Gasteiger partial charge in [0.2, 0.25) is 0 Å². The number of amides is 1. The second kappa shape index (κ2) is 7.31. The summed E-state index contributed by atoms with van der Waals surface area (Å²) >= 11 is 0. The van der Waals surface area contributed by atoms with E-state index in [4.69, 9.17) is 4.74 Å². The maximum Gasteiger partial charge on any atom is 0.410 e. The number of anilines is 1. The van der Waals surface area contributed by atoms with Crippen LogP contribution in [0.4, 0.5) is 16.3 Å². The number of hydrogen-bond donors (Lipinski definition) is 0. The van der Waals surface area contributed by atoms with Crippen molar-refractivity contribution < 1.29 is 14.5 Å². The molecule has 2 heterocycles. The summed E-state index contributed by atoms with van der Waals surface area (Å²) in [6.45, 7) is 7.55. The van der Waals surface area contributed by atoms with Crippen molar-refractivity contribution >= 4 is 28.5 Å². The summed E-state index contributed by atoms with van der Waals surface area (Å²) in [5, 5.41) is 20.9. The lowest BCUT2D eigenvalue weighted by Crippen LogP contribution is -2.50. The molecule has 1 aromatic carbocycles. The van der Waals surface area contributed by atoms with Crippen LogP contribution in [0, 0.1) is 21.4 Å². The highest BCUT2D eigenvalue weighted by Gasteiger charge is 2.26. The van der Waals surface area contributed by atoms with Crippen LogP contribution in [-0.2, 0) is 4.74 Å². The van der Waals surface area contributed by atoms with E-state index >= 15 is 0 Å². The van der Waals surface area contributed by atoms with Crippen LogP contribution in [0.1, 0.15) is 26.3 Å². The molecule has 1 amide bonds. The molecule has 0 bridgehead atoms. The summed E-state index contributed by atoms with van der Waals surface area (Å²) in [7, 11) is 0. The minimum absolute atomic E-state index is 0.0791. The molecular weight excluding hydrogens is 362 g/mol. The first-order valence-electron chi connectivity index (χ1n) is 8.90. The first-order chi connectivity index (χ1) is 13.2. The minimum Gasteiger partial charge on any atom is -0.444 e. The second-order valence-electron chi connectivity index (χ2n) is 7.55. The van der Waals surface area contributed by atoms with Gasteiger partial charge in [-0.05, 0) is 32.9 Å². The van der Waals surface area contributed by atoms with Gasteiger partial charge in [0.05, 0.1) is 22.1 Å². The van der Waals surface area contributed by atoms with Gasteiger partial charge >= 0.3 is 6.09 Å². The van der Waals surface area contributed by atoms with Crippen LogP contribution in [0.2, 0.25) is 0 Å². The van der Waals surface area contributed by atoms with E-state index in [1.807, 2.05) is 25.7 Å². The van der Waals surface area contributed by atoms with E-state index in [2.05, 4.69) is 11.1 Å². The van der Waals surface area contributed by atoms with Crippen molar-refractivity contribution in [3.8, 4) is 6.07 Å². The van der Waals surface area contributed by atoms with Gasteiger partial charge in [-0.1, -0.05) is 0 Å². The van der Waals surface area contributed by atoms with Gasteiger partial charge in [0.25, 0.3) is 5.69 Å². The van der Waals surface area contributed by atoms with Gasteiger partial charge in [-0.25, -0.2) is 9.78 Å². The van der Waals surface area contributed by atoms with Crippen LogP contribution >= 0.6 is 0 Å². The SMILES string of the molecule is CC(C)(C)OC(=O)N1CCN(c2cc(C#N)c3cc([N+](=O)[O-])ccc3n2)CC1. The highest BCUT2D eigenvalue weighted by molar-refractivity contribution is 5.88. The highest BCUT2D eigenvalue weighted by atomic mass is 16.6. The number of carbonyl (C=O) groups is 1. The molecule has 1 aliphatic heterocycles. The summed E-state index contributed by atoms with van der Waals surface area (Å²) < 4.78 is 5.40. The monoisotopic (exact) mass is 383 g/mol. The number of aromatic nitrogens is 1. The normalized spacial score (nSPS) is 14.6. The smallest absolute Gasteiger partial charge is 0.410 e. The predicted octanol–water partition coefficient (Wildman–Crippen LogP) is 3.07. The molecule has 9 heteroatoms. The lowest BCUT2D eigenvalue weighted by molar-refractivity contribution is -0.384. The molecule has 2 aromatic rings. The zero-order valence-corrected chi connectivity index (χ0v) is 16.0. The van der Waals surface area contributed by atoms with Crippen molar-refractivity contribution in [1.29, 1.82) is 5.26 Å². The molecule has 1 aliphatic rings. The van der Waals surface area contributed by atoms with Crippen LogP contribution in [0.5, 0.6) is 0 Å². The molecule has 0 saturated carbocycles. The van der Waals surface area contributed by atoms with E-state index in [0.717, 1.165) is 0 Å². The van der Waals surface area contributed by atoms with E-state index < -0.39 is 10.5 Å². The van der Waals surface area contributed by atoms with Crippen LogP contribution < -0.4 is 4.90 Å². The van der Waals surface area contributed by atoms with E-state index in [1.54, 1.807) is 17.0 Å². The molecule has 146 valence electrons. The summed E-state index contributed by atoms with van der Waals surface area (Å²) in [5.74, 6) is 0.613. The third kappa shape index (κ3) is 4.11. The van der Waals surface area contributed by atoms with Gasteiger partial charge < -0.3 is 14.5 Å². The number of piperazine rings is 1. The number of hydrogen-bond acceptors (Lipinski definition) is 7. The van der Waals surface area contributed by atoms with Gasteiger partial charge in [0, 0.05) is 43.7 Å². The molecule has 0 atom stereocenters. The maximum atomic E-state index is 12.2. The summed E-state index contributed by atoms with van der Waals surface area (Å²) in [4.78, 5) is 30.9. The number of ether oxygens (including phenoxy) is 1. The van der Waals surface area contributed by atoms with Crippen LogP contribution in [0.15, 0.2) is 24.3 Å². The lowest BCUT2D eigenvalue weighted by Gasteiger charge is -2.36. The Balaban J connectivity index is 1.80. The Morgan fingerprint density at radius 3 is 2.50 bits per heavy atom. The van der Waals surface area contributed by atoms with Gasteiger partial charge in [-0.3, -0.25) is 10.1 Å². The Labute approximate surface area is 162 Å². The van der Waals surface area contributed by atoms with Gasteiger partial charge in [0.1, 0.15) is 11.4 Å². The first kappa shape index (κ1) is 19.4. The summed E-state index contributed by atoms with van der Waals surface area (Å²) in [5.41, 5.74) is 0.232. The molecule has 0 N–H and O–H groups in total. The van der Waals surface area contributed by atoms with Gasteiger partial charge in [-0.15, -0.1) is 0 Å². The largest absolute Gasteiger partial charge is 0.444 e. The number of rotatable bonds is 2. The molecule has 1 aromatic heterocycles. The van der Waals surface area contributed by atoms with Crippen molar-refractivity contribution in [2.75, 3.05) is 31.1 Å². The fourth-order valence-electron chi connectivity index (χ4n) is 3.01. The van der Waals surface area contributed by atoms with E-state index in [9.17, 15) is 20.2 Å². The van der Waals surface area contributed by atoms with Gasteiger partial charge in [0.15, 0.2) is 0 Å². The van der Waals surface area contributed by atoms with Crippen molar-refractivity contribution in [3.63, 3.8) is 0 Å². The molecule has 1 fully saturated rings. The van der Waals surface area contributed by atoms with E-state index in [0.29, 0.717) is 48.5 Å². The average molecular weight is 383 g/mol. The number of nitriles is 1. The minimum atomic E-state index is -0.543. The third-order valence-corrected chi connectivity index (χ3v) is 4.37. The zero-order valence-electron chi connectivity index (χ0n) is 16.0. The van der Waals surface area contributed by atoms with E-state index in [-0.39, 0.29) is 11.8 Å². The molecule has 0 unspecified atom stereocenters. The predicted molar refractivity (Wildman–Crippen MR) is 103 cm³/mol. The number of nitro groups is 1. The number of non-ortho nitro benzene ring substituents is 1.